The predicted octanol–water partition coefficient (Wildman–Crippen LogP) is 4.16. The molecule has 0 unspecified atom stereocenters. The zero-order valence-corrected chi connectivity index (χ0v) is 12.3. The predicted molar refractivity (Wildman–Crippen MR) is 86.8 cm³/mol. The van der Waals surface area contributed by atoms with Crippen molar-refractivity contribution in [2.75, 3.05) is 12.4 Å². The summed E-state index contributed by atoms with van der Waals surface area (Å²) in [5.74, 6) is 0.845. The van der Waals surface area contributed by atoms with Gasteiger partial charge in [-0.2, -0.15) is 0 Å². The summed E-state index contributed by atoms with van der Waals surface area (Å²) in [7, 11) is 1.68. The second-order valence-corrected chi connectivity index (χ2v) is 5.06. The van der Waals surface area contributed by atoms with E-state index < -0.39 is 0 Å². The Morgan fingerprint density at radius 3 is 2.62 bits per heavy atom. The number of rotatable bonds is 4. The molecule has 1 N–H and O–H groups in total. The minimum absolute atomic E-state index is 0.677. The molecular formula is C18H18N2O. The largest absolute Gasteiger partial charge is 0.497 e. The number of fused-ring (bicyclic) bond motifs is 1. The van der Waals surface area contributed by atoms with Crippen molar-refractivity contribution in [1.82, 2.24) is 4.98 Å². The van der Waals surface area contributed by atoms with E-state index in [0.29, 0.717) is 6.54 Å². The van der Waals surface area contributed by atoms with Crippen LogP contribution in [0.3, 0.4) is 0 Å². The number of nitrogens with one attached hydrogen (secondary N) is 1. The number of aromatic nitrogens is 1. The van der Waals surface area contributed by atoms with Gasteiger partial charge in [0.15, 0.2) is 0 Å². The van der Waals surface area contributed by atoms with Gasteiger partial charge in [0.05, 0.1) is 19.3 Å². The van der Waals surface area contributed by atoms with Crippen LogP contribution in [0.5, 0.6) is 5.75 Å². The molecule has 0 atom stereocenters. The molecule has 0 aliphatic carbocycles. The van der Waals surface area contributed by atoms with E-state index in [4.69, 9.17) is 4.74 Å². The molecule has 3 rings (SSSR count). The van der Waals surface area contributed by atoms with Crippen molar-refractivity contribution in [3.8, 4) is 5.75 Å². The monoisotopic (exact) mass is 278 g/mol. The van der Waals surface area contributed by atoms with Gasteiger partial charge in [0.25, 0.3) is 0 Å². The van der Waals surface area contributed by atoms with Crippen molar-refractivity contribution >= 4 is 16.5 Å². The van der Waals surface area contributed by atoms with E-state index in [-0.39, 0.29) is 0 Å². The van der Waals surface area contributed by atoms with Crippen LogP contribution in [0.2, 0.25) is 0 Å². The maximum Gasteiger partial charge on any atom is 0.122 e. The molecular weight excluding hydrogens is 260 g/mol. The van der Waals surface area contributed by atoms with Crippen LogP contribution in [0.4, 0.5) is 5.69 Å². The van der Waals surface area contributed by atoms with Crippen LogP contribution in [0.1, 0.15) is 11.4 Å². The Hall–Kier alpha value is -2.55. The number of pyridine rings is 1. The van der Waals surface area contributed by atoms with Gasteiger partial charge in [-0.05, 0) is 29.8 Å². The molecule has 0 saturated carbocycles. The molecule has 21 heavy (non-hydrogen) atoms. The number of benzene rings is 2. The van der Waals surface area contributed by atoms with Gasteiger partial charge in [-0.25, -0.2) is 0 Å². The van der Waals surface area contributed by atoms with E-state index >= 15 is 0 Å². The third kappa shape index (κ3) is 3.14. The Morgan fingerprint density at radius 2 is 1.81 bits per heavy atom. The number of hydrogen-bond donors (Lipinski definition) is 1. The van der Waals surface area contributed by atoms with E-state index in [1.807, 2.05) is 19.1 Å². The van der Waals surface area contributed by atoms with Gasteiger partial charge >= 0.3 is 0 Å². The van der Waals surface area contributed by atoms with Crippen molar-refractivity contribution in [2.24, 2.45) is 0 Å². The summed E-state index contributed by atoms with van der Waals surface area (Å²) in [4.78, 5) is 4.52. The Balaban J connectivity index is 1.78. The third-order valence-electron chi connectivity index (χ3n) is 3.44. The third-order valence-corrected chi connectivity index (χ3v) is 3.44. The fraction of sp³-hybridized carbons (Fsp3) is 0.167. The molecule has 3 nitrogen and oxygen atoms in total. The molecule has 0 bridgehead atoms. The summed E-state index contributed by atoms with van der Waals surface area (Å²) in [6, 6.07) is 18.6. The van der Waals surface area contributed by atoms with Crippen LogP contribution in [-0.4, -0.2) is 12.1 Å². The fourth-order valence-electron chi connectivity index (χ4n) is 2.40. The molecule has 0 amide bonds. The van der Waals surface area contributed by atoms with E-state index in [0.717, 1.165) is 22.8 Å². The lowest BCUT2D eigenvalue weighted by molar-refractivity contribution is 0.413. The van der Waals surface area contributed by atoms with Crippen molar-refractivity contribution < 1.29 is 4.74 Å². The van der Waals surface area contributed by atoms with E-state index in [9.17, 15) is 0 Å². The normalized spacial score (nSPS) is 10.6. The maximum atomic E-state index is 5.28. The van der Waals surface area contributed by atoms with Crippen LogP contribution < -0.4 is 10.1 Å². The second-order valence-electron chi connectivity index (χ2n) is 5.06. The molecule has 0 radical (unpaired) electrons. The molecule has 1 heterocycles. The molecule has 0 fully saturated rings. The van der Waals surface area contributed by atoms with Crippen LogP contribution in [0.25, 0.3) is 10.8 Å². The van der Waals surface area contributed by atoms with Crippen molar-refractivity contribution in [2.45, 2.75) is 13.5 Å². The highest BCUT2D eigenvalue weighted by Gasteiger charge is 2.01. The van der Waals surface area contributed by atoms with E-state index in [2.05, 4.69) is 52.8 Å². The molecule has 3 aromatic rings. The summed E-state index contributed by atoms with van der Waals surface area (Å²) in [6.45, 7) is 2.65. The Labute approximate surface area is 124 Å². The molecule has 106 valence electrons. The highest BCUT2D eigenvalue weighted by Crippen LogP contribution is 2.20. The first-order valence-corrected chi connectivity index (χ1v) is 6.99. The van der Waals surface area contributed by atoms with Crippen molar-refractivity contribution in [1.29, 1.82) is 0 Å². The standard InChI is InChI=1S/C18H18N2O/c1-13-9-18(21-2)11-17(20-13)12-19-16-8-7-14-5-3-4-6-15(14)10-16/h3-11,19H,12H2,1-2H3. The maximum absolute atomic E-state index is 5.28. The average Bonchev–Trinajstić information content (AvgIpc) is 2.52. The zero-order valence-electron chi connectivity index (χ0n) is 12.3. The van der Waals surface area contributed by atoms with E-state index in [1.54, 1.807) is 7.11 Å². The average molecular weight is 278 g/mol. The summed E-state index contributed by atoms with van der Waals surface area (Å²) in [5, 5.41) is 5.90. The highest BCUT2D eigenvalue weighted by atomic mass is 16.5. The molecule has 0 aliphatic rings. The van der Waals surface area contributed by atoms with Gasteiger partial charge in [0.2, 0.25) is 0 Å². The molecule has 3 heteroatoms. The molecule has 0 aliphatic heterocycles. The van der Waals surface area contributed by atoms with Gasteiger partial charge in [0, 0.05) is 23.5 Å². The van der Waals surface area contributed by atoms with Crippen LogP contribution in [0, 0.1) is 6.92 Å². The van der Waals surface area contributed by atoms with Gasteiger partial charge in [-0.15, -0.1) is 0 Å². The molecule has 0 spiro atoms. The van der Waals surface area contributed by atoms with E-state index in [1.165, 1.54) is 10.8 Å². The summed E-state index contributed by atoms with van der Waals surface area (Å²) in [5.41, 5.74) is 3.03. The first-order chi connectivity index (χ1) is 10.2. The SMILES string of the molecule is COc1cc(C)nc(CNc2ccc3ccccc3c2)c1. The number of hydrogen-bond acceptors (Lipinski definition) is 3. The molecule has 1 aromatic heterocycles. The summed E-state index contributed by atoms with van der Waals surface area (Å²) in [6.07, 6.45) is 0. The summed E-state index contributed by atoms with van der Waals surface area (Å²) < 4.78 is 5.28. The Kier molecular flexibility index (Phi) is 3.73. The smallest absolute Gasteiger partial charge is 0.122 e. The lowest BCUT2D eigenvalue weighted by Crippen LogP contribution is -2.03. The molecule has 0 saturated heterocycles. The second kappa shape index (κ2) is 5.83. The minimum Gasteiger partial charge on any atom is -0.497 e. The number of aryl methyl sites for hydroxylation is 1. The zero-order chi connectivity index (χ0) is 14.7. The Bertz CT molecular complexity index is 768. The number of nitrogens with zero attached hydrogens (tertiary/aromatic N) is 1. The van der Waals surface area contributed by atoms with Crippen molar-refractivity contribution in [3.63, 3.8) is 0 Å². The quantitative estimate of drug-likeness (QED) is 0.778. The minimum atomic E-state index is 0.677. The first-order valence-electron chi connectivity index (χ1n) is 6.99. The number of ether oxygens (including phenoxy) is 1. The Morgan fingerprint density at radius 1 is 1.00 bits per heavy atom. The van der Waals surface area contributed by atoms with Crippen LogP contribution in [0.15, 0.2) is 54.6 Å². The molecule has 2 aromatic carbocycles. The summed E-state index contributed by atoms with van der Waals surface area (Å²) >= 11 is 0. The van der Waals surface area contributed by atoms with Gasteiger partial charge in [-0.3, -0.25) is 4.98 Å². The highest BCUT2D eigenvalue weighted by molar-refractivity contribution is 5.85. The van der Waals surface area contributed by atoms with Crippen LogP contribution in [-0.2, 0) is 6.54 Å². The topological polar surface area (TPSA) is 34.1 Å². The number of anilines is 1. The van der Waals surface area contributed by atoms with Crippen molar-refractivity contribution in [3.05, 3.63) is 66.0 Å². The van der Waals surface area contributed by atoms with Gasteiger partial charge < -0.3 is 10.1 Å². The fourth-order valence-corrected chi connectivity index (χ4v) is 2.40. The van der Waals surface area contributed by atoms with Crippen LogP contribution >= 0.6 is 0 Å². The van der Waals surface area contributed by atoms with Gasteiger partial charge in [0.1, 0.15) is 5.75 Å². The lowest BCUT2D eigenvalue weighted by Gasteiger charge is -2.09. The number of methoxy groups -OCH3 is 1. The lowest BCUT2D eigenvalue weighted by atomic mass is 10.1. The first kappa shape index (κ1) is 13.4. The van der Waals surface area contributed by atoms with Gasteiger partial charge in [-0.1, -0.05) is 30.3 Å².